The third-order valence-electron chi connectivity index (χ3n) is 2.30. The van der Waals surface area contributed by atoms with Crippen LogP contribution in [0.25, 0.3) is 0 Å². The number of hydrogen-bond donors (Lipinski definition) is 1. The van der Waals surface area contributed by atoms with Gasteiger partial charge in [-0.2, -0.15) is 11.1 Å². The lowest BCUT2D eigenvalue weighted by Crippen LogP contribution is -2.38. The summed E-state index contributed by atoms with van der Waals surface area (Å²) in [5.74, 6) is 0. The molecule has 4 heteroatoms. The molecule has 0 radical (unpaired) electrons. The molecule has 0 aliphatic carbocycles. The summed E-state index contributed by atoms with van der Waals surface area (Å²) in [5, 5.41) is 3.34. The Labute approximate surface area is 86.7 Å². The molecule has 1 N–H and O–H groups in total. The van der Waals surface area contributed by atoms with Crippen LogP contribution in [0.1, 0.15) is 12.8 Å². The summed E-state index contributed by atoms with van der Waals surface area (Å²) in [4.78, 5) is 0. The molecule has 1 aliphatic heterocycles. The first-order valence-corrected chi connectivity index (χ1v) is 9.31. The topological polar surface area (TPSA) is 21.3 Å². The van der Waals surface area contributed by atoms with E-state index in [9.17, 15) is 0 Å². The van der Waals surface area contributed by atoms with Crippen LogP contribution in [0, 0.1) is 0 Å². The molecule has 1 atom stereocenters. The zero-order valence-corrected chi connectivity index (χ0v) is 10.4. The molecule has 1 saturated heterocycles. The third kappa shape index (κ3) is 5.68. The Morgan fingerprint density at radius 1 is 1.54 bits per heavy atom. The van der Waals surface area contributed by atoms with E-state index in [1.165, 1.54) is 12.5 Å². The fourth-order valence-corrected chi connectivity index (χ4v) is 3.00. The van der Waals surface area contributed by atoms with Gasteiger partial charge in [0.05, 0.1) is 12.7 Å². The first-order chi connectivity index (χ1) is 6.08. The van der Waals surface area contributed by atoms with Crippen LogP contribution in [0.3, 0.4) is 0 Å². The van der Waals surface area contributed by atoms with Crippen LogP contribution in [-0.4, -0.2) is 33.2 Å². The van der Waals surface area contributed by atoms with Crippen molar-refractivity contribution in [3.63, 3.8) is 0 Å². The van der Waals surface area contributed by atoms with Crippen LogP contribution >= 0.6 is 11.1 Å². The predicted molar refractivity (Wildman–Crippen MR) is 60.0 cm³/mol. The van der Waals surface area contributed by atoms with Crippen molar-refractivity contribution in [1.82, 2.24) is 5.32 Å². The van der Waals surface area contributed by atoms with E-state index in [1.807, 2.05) is 0 Å². The second-order valence-corrected chi connectivity index (χ2v) is 11.3. The second kappa shape index (κ2) is 5.34. The molecule has 0 spiro atoms. The highest BCUT2D eigenvalue weighted by atomic mass is 35.6. The van der Waals surface area contributed by atoms with Gasteiger partial charge in [0.25, 0.3) is 0 Å². The lowest BCUT2D eigenvalue weighted by atomic mass is 10.2. The van der Waals surface area contributed by atoms with Crippen LogP contribution < -0.4 is 5.32 Å². The van der Waals surface area contributed by atoms with Crippen LogP contribution in [-0.2, 0) is 4.74 Å². The summed E-state index contributed by atoms with van der Waals surface area (Å²) in [6.07, 6.45) is 2.81. The van der Waals surface area contributed by atoms with E-state index in [4.69, 9.17) is 15.8 Å². The van der Waals surface area contributed by atoms with Gasteiger partial charge in [0.2, 0.25) is 0 Å². The van der Waals surface area contributed by atoms with Gasteiger partial charge < -0.3 is 10.1 Å². The van der Waals surface area contributed by atoms with Crippen molar-refractivity contribution in [1.29, 1.82) is 0 Å². The van der Waals surface area contributed by atoms with Gasteiger partial charge in [-0.25, -0.2) is 0 Å². The van der Waals surface area contributed by atoms with Gasteiger partial charge in [-0.3, -0.25) is 0 Å². The fraction of sp³-hybridized carbons (Fsp3) is 1.00. The van der Waals surface area contributed by atoms with E-state index in [1.54, 1.807) is 0 Å². The molecule has 0 amide bonds. The molecule has 1 aliphatic rings. The first kappa shape index (κ1) is 11.5. The number of ether oxygens (including phenoxy) is 1. The molecule has 1 rings (SSSR count). The Kier molecular flexibility index (Phi) is 4.73. The van der Waals surface area contributed by atoms with Gasteiger partial charge >= 0.3 is 0 Å². The Morgan fingerprint density at radius 2 is 2.31 bits per heavy atom. The maximum Gasteiger partial charge on any atom is 0.150 e. The molecule has 78 valence electrons. The van der Waals surface area contributed by atoms with Crippen molar-refractivity contribution in [3.8, 4) is 0 Å². The van der Waals surface area contributed by atoms with Gasteiger partial charge in [0.15, 0.2) is 0 Å². The quantitative estimate of drug-likeness (QED) is 0.581. The molecular weight excluding hydrogens is 202 g/mol. The molecule has 0 bridgehead atoms. The number of morpholine rings is 1. The van der Waals surface area contributed by atoms with Crippen molar-refractivity contribution < 1.29 is 4.74 Å². The summed E-state index contributed by atoms with van der Waals surface area (Å²) in [7, 11) is -1.35. The van der Waals surface area contributed by atoms with E-state index >= 15 is 0 Å². The van der Waals surface area contributed by atoms with Crippen molar-refractivity contribution in [2.75, 3.05) is 19.7 Å². The Balaban J connectivity index is 2.04. The molecule has 0 aromatic rings. The van der Waals surface area contributed by atoms with E-state index in [0.29, 0.717) is 6.10 Å². The van der Waals surface area contributed by atoms with Gasteiger partial charge in [0, 0.05) is 13.1 Å². The lowest BCUT2D eigenvalue weighted by molar-refractivity contribution is 0.0232. The highest BCUT2D eigenvalue weighted by Crippen LogP contribution is 2.19. The molecule has 0 saturated carbocycles. The van der Waals surface area contributed by atoms with Crippen molar-refractivity contribution in [2.24, 2.45) is 0 Å². The zero-order valence-electron chi connectivity index (χ0n) is 8.61. The van der Waals surface area contributed by atoms with Crippen molar-refractivity contribution >= 4 is 18.5 Å². The van der Waals surface area contributed by atoms with E-state index in [2.05, 4.69) is 18.4 Å². The molecule has 1 fully saturated rings. The van der Waals surface area contributed by atoms with Crippen LogP contribution in [0.15, 0.2) is 0 Å². The zero-order chi connectivity index (χ0) is 9.73. The van der Waals surface area contributed by atoms with E-state index in [-0.39, 0.29) is 0 Å². The van der Waals surface area contributed by atoms with Crippen LogP contribution in [0.5, 0.6) is 0 Å². The highest BCUT2D eigenvalue weighted by Gasteiger charge is 2.18. The Bertz CT molecular complexity index is 143. The largest absolute Gasteiger partial charge is 0.376 e. The van der Waals surface area contributed by atoms with Gasteiger partial charge in [0.1, 0.15) is 7.38 Å². The third-order valence-corrected chi connectivity index (χ3v) is 4.41. The minimum Gasteiger partial charge on any atom is -0.376 e. The molecule has 0 aromatic heterocycles. The summed E-state index contributed by atoms with van der Waals surface area (Å²) < 4.78 is 5.60. The fourth-order valence-electron chi connectivity index (χ4n) is 1.56. The number of hydrogen-bond acceptors (Lipinski definition) is 2. The second-order valence-electron chi connectivity index (χ2n) is 4.31. The molecule has 2 nitrogen and oxygen atoms in total. The van der Waals surface area contributed by atoms with E-state index in [0.717, 1.165) is 26.1 Å². The normalized spacial score (nSPS) is 24.7. The van der Waals surface area contributed by atoms with Crippen molar-refractivity contribution in [2.45, 2.75) is 38.1 Å². The lowest BCUT2D eigenvalue weighted by Gasteiger charge is -2.24. The minimum atomic E-state index is -1.35. The summed E-state index contributed by atoms with van der Waals surface area (Å²) >= 11 is 6.23. The first-order valence-electron chi connectivity index (χ1n) is 5.09. The number of rotatable bonds is 4. The molecule has 1 heterocycles. The highest BCUT2D eigenvalue weighted by molar-refractivity contribution is 7.19. The SMILES string of the molecule is C[Si](C)(Cl)CCCC1CNCCO1. The van der Waals surface area contributed by atoms with Crippen LogP contribution in [0.4, 0.5) is 0 Å². The van der Waals surface area contributed by atoms with Gasteiger partial charge in [-0.05, 0) is 12.5 Å². The summed E-state index contributed by atoms with van der Waals surface area (Å²) in [5.41, 5.74) is 0. The maximum atomic E-state index is 6.23. The minimum absolute atomic E-state index is 0.432. The maximum absolute atomic E-state index is 6.23. The number of nitrogens with one attached hydrogen (secondary N) is 1. The molecule has 13 heavy (non-hydrogen) atoms. The molecular formula is C9H20ClNOSi. The van der Waals surface area contributed by atoms with E-state index < -0.39 is 7.38 Å². The Morgan fingerprint density at radius 3 is 2.85 bits per heavy atom. The monoisotopic (exact) mass is 221 g/mol. The molecule has 0 aromatic carbocycles. The standard InChI is InChI=1S/C9H20ClNOSi/c1-13(2,10)7-3-4-9-8-11-5-6-12-9/h9,11H,3-8H2,1-2H3. The predicted octanol–water partition coefficient (Wildman–Crippen LogP) is 2.20. The van der Waals surface area contributed by atoms with Gasteiger partial charge in [-0.15, -0.1) is 0 Å². The molecule has 1 unspecified atom stereocenters. The average molecular weight is 222 g/mol. The smallest absolute Gasteiger partial charge is 0.150 e. The average Bonchev–Trinajstić information content (AvgIpc) is 2.04. The van der Waals surface area contributed by atoms with Crippen molar-refractivity contribution in [3.05, 3.63) is 0 Å². The Hall–Kier alpha value is 0.427. The summed E-state index contributed by atoms with van der Waals surface area (Å²) in [6, 6.07) is 1.20. The number of halogens is 1. The van der Waals surface area contributed by atoms with Crippen LogP contribution in [0.2, 0.25) is 19.1 Å². The summed E-state index contributed by atoms with van der Waals surface area (Å²) in [6.45, 7) is 7.30. The van der Waals surface area contributed by atoms with Gasteiger partial charge in [-0.1, -0.05) is 19.5 Å².